The fourth-order valence-corrected chi connectivity index (χ4v) is 2.15. The minimum absolute atomic E-state index is 0.00513. The van der Waals surface area contributed by atoms with Crippen LogP contribution in [0.15, 0.2) is 41.1 Å². The highest BCUT2D eigenvalue weighted by molar-refractivity contribution is 7.94. The lowest BCUT2D eigenvalue weighted by molar-refractivity contribution is -0.161. The topological polar surface area (TPSA) is 97.8 Å². The first kappa shape index (κ1) is 17.6. The summed E-state index contributed by atoms with van der Waals surface area (Å²) in [5.41, 5.74) is 0.0815. The smallest absolute Gasteiger partial charge is 0.333 e. The van der Waals surface area contributed by atoms with Crippen molar-refractivity contribution < 1.29 is 27.6 Å². The highest BCUT2D eigenvalue weighted by Crippen LogP contribution is 2.14. The molecule has 0 aliphatic rings. The Morgan fingerprint density at radius 3 is 2.36 bits per heavy atom. The van der Waals surface area contributed by atoms with E-state index in [0.29, 0.717) is 6.29 Å². The minimum atomic E-state index is -3.57. The van der Waals surface area contributed by atoms with E-state index in [1.807, 2.05) is 0 Å². The molecule has 7 nitrogen and oxygen atoms in total. The van der Waals surface area contributed by atoms with Gasteiger partial charge in [-0.25, -0.2) is 13.2 Å². The van der Waals surface area contributed by atoms with Crippen LogP contribution in [0, 0.1) is 0 Å². The van der Waals surface area contributed by atoms with Gasteiger partial charge < -0.3 is 9.63 Å². The molecule has 8 heteroatoms. The van der Waals surface area contributed by atoms with Crippen molar-refractivity contribution in [2.24, 2.45) is 0 Å². The normalized spacial score (nSPS) is 10.6. The van der Waals surface area contributed by atoms with E-state index in [0.717, 1.165) is 10.5 Å². The van der Waals surface area contributed by atoms with Crippen LogP contribution in [0.25, 0.3) is 0 Å². The second-order valence-corrected chi connectivity index (χ2v) is 6.11. The molecule has 0 N–H and O–H groups in total. The Bertz CT molecular complexity index is 678. The lowest BCUT2D eigenvalue weighted by Crippen LogP contribution is -2.29. The summed E-state index contributed by atoms with van der Waals surface area (Å²) in [5.74, 6) is -1.34. The summed E-state index contributed by atoms with van der Waals surface area (Å²) in [4.78, 5) is 38.3. The van der Waals surface area contributed by atoms with E-state index in [1.54, 1.807) is 0 Å². The molecule has 0 unspecified atom stereocenters. The van der Waals surface area contributed by atoms with E-state index in [1.165, 1.54) is 31.3 Å². The number of nitrogens with zero attached hydrogens (tertiary/aromatic N) is 1. The molecule has 1 aromatic rings. The van der Waals surface area contributed by atoms with Crippen molar-refractivity contribution in [2.75, 3.05) is 7.05 Å². The number of carbonyl (C=O) groups is 3. The molecule has 0 bridgehead atoms. The van der Waals surface area contributed by atoms with E-state index in [-0.39, 0.29) is 23.3 Å². The van der Waals surface area contributed by atoms with Gasteiger partial charge in [0.25, 0.3) is 5.91 Å². The van der Waals surface area contributed by atoms with Crippen molar-refractivity contribution in [3.8, 4) is 0 Å². The zero-order chi connectivity index (χ0) is 16.8. The maximum absolute atomic E-state index is 11.8. The number of hydrogen-bond donors (Lipinski definition) is 0. The van der Waals surface area contributed by atoms with Gasteiger partial charge in [-0.3, -0.25) is 4.79 Å². The first-order valence-electron chi connectivity index (χ1n) is 6.22. The Morgan fingerprint density at radius 1 is 1.27 bits per heavy atom. The maximum atomic E-state index is 11.8. The number of amides is 1. The Hall–Kier alpha value is -2.48. The van der Waals surface area contributed by atoms with Gasteiger partial charge in [0, 0.05) is 25.3 Å². The van der Waals surface area contributed by atoms with Crippen LogP contribution in [0.5, 0.6) is 0 Å². The van der Waals surface area contributed by atoms with Crippen molar-refractivity contribution in [3.05, 3.63) is 41.8 Å². The van der Waals surface area contributed by atoms with Crippen LogP contribution in [0.4, 0.5) is 0 Å². The predicted molar refractivity (Wildman–Crippen MR) is 77.3 cm³/mol. The number of benzene rings is 1. The number of aldehydes is 1. The summed E-state index contributed by atoms with van der Waals surface area (Å²) in [6.07, 6.45) is 0.560. The molecule has 0 aliphatic carbocycles. The number of sulfone groups is 1. The van der Waals surface area contributed by atoms with Crippen LogP contribution in [0.2, 0.25) is 0 Å². The molecule has 0 spiro atoms. The van der Waals surface area contributed by atoms with Crippen molar-refractivity contribution in [1.29, 1.82) is 0 Å². The van der Waals surface area contributed by atoms with Gasteiger partial charge in [0.05, 0.1) is 10.5 Å². The van der Waals surface area contributed by atoms with Crippen molar-refractivity contribution >= 4 is 28.0 Å². The third-order valence-corrected chi connectivity index (χ3v) is 4.05. The molecule has 0 atom stereocenters. The molecular weight excluding hydrogens is 310 g/mol. The molecule has 1 rings (SSSR count). The molecule has 1 aromatic carbocycles. The Kier molecular flexibility index (Phi) is 6.00. The predicted octanol–water partition coefficient (Wildman–Crippen LogP) is 1.11. The van der Waals surface area contributed by atoms with E-state index in [9.17, 15) is 22.8 Å². The highest BCUT2D eigenvalue weighted by atomic mass is 32.2. The first-order valence-corrected chi connectivity index (χ1v) is 7.76. The van der Waals surface area contributed by atoms with Crippen LogP contribution < -0.4 is 0 Å². The van der Waals surface area contributed by atoms with Gasteiger partial charge in [0.2, 0.25) is 0 Å². The molecular formula is C14H15NO6S. The summed E-state index contributed by atoms with van der Waals surface area (Å²) >= 11 is 0. The van der Waals surface area contributed by atoms with Crippen LogP contribution in [-0.4, -0.2) is 38.7 Å². The summed E-state index contributed by atoms with van der Waals surface area (Å²) in [6, 6.07) is 5.01. The molecule has 0 heterocycles. The molecule has 0 aromatic heterocycles. The monoisotopic (exact) mass is 325 g/mol. The molecule has 0 aliphatic heterocycles. The average molecular weight is 325 g/mol. The van der Waals surface area contributed by atoms with E-state index < -0.39 is 21.7 Å². The summed E-state index contributed by atoms with van der Waals surface area (Å²) in [7, 11) is -2.32. The Balaban J connectivity index is 2.76. The zero-order valence-electron chi connectivity index (χ0n) is 11.9. The summed E-state index contributed by atoms with van der Waals surface area (Å²) in [6.45, 7) is 3.20. The fraction of sp³-hybridized carbons (Fsp3) is 0.214. The lowest BCUT2D eigenvalue weighted by atomic mass is 10.2. The van der Waals surface area contributed by atoms with E-state index >= 15 is 0 Å². The van der Waals surface area contributed by atoms with Crippen LogP contribution in [0.1, 0.15) is 23.2 Å². The number of hydrogen-bond acceptors (Lipinski definition) is 6. The van der Waals surface area contributed by atoms with Crippen molar-refractivity contribution in [2.45, 2.75) is 17.7 Å². The van der Waals surface area contributed by atoms with E-state index in [4.69, 9.17) is 4.84 Å². The first-order chi connectivity index (χ1) is 10.3. The molecule has 0 saturated carbocycles. The fourth-order valence-electron chi connectivity index (χ4n) is 1.44. The number of hydroxylamine groups is 2. The van der Waals surface area contributed by atoms with Crippen LogP contribution in [0.3, 0.4) is 0 Å². The van der Waals surface area contributed by atoms with E-state index in [2.05, 4.69) is 6.58 Å². The second kappa shape index (κ2) is 7.51. The second-order valence-electron chi connectivity index (χ2n) is 4.21. The summed E-state index contributed by atoms with van der Waals surface area (Å²) < 4.78 is 23.1. The van der Waals surface area contributed by atoms with Gasteiger partial charge >= 0.3 is 5.97 Å². The average Bonchev–Trinajstić information content (AvgIpc) is 2.52. The number of rotatable bonds is 6. The number of carbonyl (C=O) groups excluding carboxylic acids is 3. The van der Waals surface area contributed by atoms with Gasteiger partial charge in [-0.1, -0.05) is 6.58 Å². The third kappa shape index (κ3) is 4.52. The maximum Gasteiger partial charge on any atom is 0.363 e. The van der Waals surface area contributed by atoms with Gasteiger partial charge in [-0.2, -0.15) is 5.06 Å². The van der Waals surface area contributed by atoms with Crippen molar-refractivity contribution in [3.63, 3.8) is 0 Å². The van der Waals surface area contributed by atoms with Gasteiger partial charge in [0.15, 0.2) is 9.84 Å². The van der Waals surface area contributed by atoms with Crippen molar-refractivity contribution in [1.82, 2.24) is 5.06 Å². The molecule has 0 fully saturated rings. The molecule has 0 radical (unpaired) electrons. The minimum Gasteiger partial charge on any atom is -0.333 e. The van der Waals surface area contributed by atoms with Crippen LogP contribution in [-0.2, 0) is 24.3 Å². The molecule has 0 saturated heterocycles. The van der Waals surface area contributed by atoms with Crippen LogP contribution >= 0.6 is 0 Å². The summed E-state index contributed by atoms with van der Waals surface area (Å²) in [5, 5.41) is 1.54. The lowest BCUT2D eigenvalue weighted by Gasteiger charge is -2.15. The Labute approximate surface area is 128 Å². The van der Waals surface area contributed by atoms with Gasteiger partial charge in [-0.15, -0.1) is 0 Å². The third-order valence-electron chi connectivity index (χ3n) is 2.69. The largest absolute Gasteiger partial charge is 0.363 e. The molecule has 22 heavy (non-hydrogen) atoms. The zero-order valence-corrected chi connectivity index (χ0v) is 12.7. The van der Waals surface area contributed by atoms with Gasteiger partial charge in [-0.05, 0) is 24.3 Å². The van der Waals surface area contributed by atoms with Gasteiger partial charge in [0.1, 0.15) is 6.29 Å². The SMILES string of the molecule is C=CS(=O)(=O)c1ccc(C(=O)ON(C)C(=O)CCC=O)cc1. The standard InChI is InChI=1S/C14H15NO6S/c1-3-22(19,20)12-8-6-11(7-9-12)14(18)21-15(2)13(17)5-4-10-16/h3,6-10H,1,4-5H2,2H3. The quantitative estimate of drug-likeness (QED) is 0.574. The Morgan fingerprint density at radius 2 is 1.86 bits per heavy atom. The highest BCUT2D eigenvalue weighted by Gasteiger charge is 2.16. The molecule has 118 valence electrons. The molecule has 1 amide bonds.